The van der Waals surface area contributed by atoms with Crippen LogP contribution in [0.5, 0.6) is 0 Å². The molecule has 0 aliphatic carbocycles. The van der Waals surface area contributed by atoms with Crippen molar-refractivity contribution in [2.24, 2.45) is 5.73 Å². The minimum atomic E-state index is -4.64. The summed E-state index contributed by atoms with van der Waals surface area (Å²) in [5.41, 5.74) is 3.10. The number of aryl methyl sites for hydroxylation is 1. The van der Waals surface area contributed by atoms with Crippen molar-refractivity contribution < 1.29 is 31.5 Å². The Labute approximate surface area is 158 Å². The molecule has 0 aliphatic heterocycles. The van der Waals surface area contributed by atoms with Crippen LogP contribution in [-0.2, 0) is 6.18 Å². The van der Waals surface area contributed by atoms with E-state index in [1.54, 1.807) is 0 Å². The Kier molecular flexibility index (Phi) is 4.79. The van der Waals surface area contributed by atoms with E-state index in [4.69, 9.17) is 5.73 Å². The fraction of sp³-hybridized carbons (Fsp3) is 0.118. The Morgan fingerprint density at radius 2 is 1.82 bits per heavy atom. The van der Waals surface area contributed by atoms with Gasteiger partial charge in [0.15, 0.2) is 0 Å². The van der Waals surface area contributed by atoms with Gasteiger partial charge in [0, 0.05) is 11.5 Å². The zero-order valence-electron chi connectivity index (χ0n) is 13.9. The predicted molar refractivity (Wildman–Crippen MR) is 92.2 cm³/mol. The molecule has 1 aromatic carbocycles. The highest BCUT2D eigenvalue weighted by Gasteiger charge is 2.33. The maximum atomic E-state index is 13.9. The molecule has 0 bridgehead atoms. The molecule has 0 spiro atoms. The number of rotatable bonds is 3. The number of halogens is 5. The number of nitrogens with one attached hydrogen (secondary N) is 1. The Morgan fingerprint density at radius 3 is 2.43 bits per heavy atom. The zero-order chi connectivity index (χ0) is 20.8. The molecule has 0 atom stereocenters. The molecular weight excluding hydrogens is 405 g/mol. The maximum absolute atomic E-state index is 13.9. The van der Waals surface area contributed by atoms with Crippen LogP contribution in [0.1, 0.15) is 31.3 Å². The number of nitrogens with zero attached hydrogens (tertiary/aromatic N) is 1. The molecule has 0 unspecified atom stereocenters. The number of carbonyl (C=O) groups is 2. The molecule has 28 heavy (non-hydrogen) atoms. The lowest BCUT2D eigenvalue weighted by atomic mass is 10.1. The molecule has 0 radical (unpaired) electrons. The molecular formula is C17H10F5N3O2S. The van der Waals surface area contributed by atoms with E-state index in [9.17, 15) is 31.5 Å². The molecule has 0 saturated carbocycles. The number of pyridine rings is 1. The van der Waals surface area contributed by atoms with E-state index in [2.05, 4.69) is 10.3 Å². The normalized spacial score (nSPS) is 11.6. The topological polar surface area (TPSA) is 85.1 Å². The van der Waals surface area contributed by atoms with E-state index in [0.29, 0.717) is 28.4 Å². The third kappa shape index (κ3) is 3.52. The van der Waals surface area contributed by atoms with E-state index in [-0.39, 0.29) is 9.71 Å². The quantitative estimate of drug-likeness (QED) is 0.627. The molecule has 0 aliphatic rings. The first-order valence-corrected chi connectivity index (χ1v) is 8.38. The summed E-state index contributed by atoms with van der Waals surface area (Å²) in [6, 6.07) is 3.12. The molecule has 0 saturated heterocycles. The standard InChI is InChI=1S/C17H10F5N3O2S/c1-6-7-2-3-12(17(20,21)22)25-16(7)28-13(6)15(27)24-11-4-8(14(23)26)9(18)5-10(11)19/h2-5H,1H3,(H2,23,26)(H,24,27). The molecule has 2 heterocycles. The van der Waals surface area contributed by atoms with Crippen molar-refractivity contribution in [2.75, 3.05) is 5.32 Å². The van der Waals surface area contributed by atoms with Gasteiger partial charge in [-0.25, -0.2) is 13.8 Å². The minimum Gasteiger partial charge on any atom is -0.366 e. The Morgan fingerprint density at radius 1 is 1.14 bits per heavy atom. The Balaban J connectivity index is 1.99. The molecule has 3 rings (SSSR count). The van der Waals surface area contributed by atoms with Gasteiger partial charge in [-0.3, -0.25) is 9.59 Å². The van der Waals surface area contributed by atoms with Crippen molar-refractivity contribution in [1.82, 2.24) is 4.98 Å². The van der Waals surface area contributed by atoms with Crippen molar-refractivity contribution >= 4 is 39.1 Å². The van der Waals surface area contributed by atoms with E-state index in [0.717, 1.165) is 12.1 Å². The number of aromatic nitrogens is 1. The van der Waals surface area contributed by atoms with Gasteiger partial charge in [0.25, 0.3) is 11.8 Å². The number of thiophene rings is 1. The smallest absolute Gasteiger partial charge is 0.366 e. The van der Waals surface area contributed by atoms with E-state index >= 15 is 0 Å². The second kappa shape index (κ2) is 6.82. The summed E-state index contributed by atoms with van der Waals surface area (Å²) in [6.07, 6.45) is -4.64. The number of hydrogen-bond donors (Lipinski definition) is 2. The van der Waals surface area contributed by atoms with Crippen LogP contribution in [0.4, 0.5) is 27.6 Å². The maximum Gasteiger partial charge on any atom is 0.433 e. The zero-order valence-corrected chi connectivity index (χ0v) is 14.8. The lowest BCUT2D eigenvalue weighted by Crippen LogP contribution is -2.17. The largest absolute Gasteiger partial charge is 0.433 e. The molecule has 2 aromatic heterocycles. The van der Waals surface area contributed by atoms with Crippen LogP contribution in [0.25, 0.3) is 10.2 Å². The molecule has 11 heteroatoms. The van der Waals surface area contributed by atoms with Crippen LogP contribution in [0.3, 0.4) is 0 Å². The summed E-state index contributed by atoms with van der Waals surface area (Å²) < 4.78 is 65.9. The third-order valence-electron chi connectivity index (χ3n) is 3.87. The van der Waals surface area contributed by atoms with Crippen molar-refractivity contribution in [2.45, 2.75) is 13.1 Å². The van der Waals surface area contributed by atoms with Crippen LogP contribution in [-0.4, -0.2) is 16.8 Å². The minimum absolute atomic E-state index is 0.00817. The molecule has 3 aromatic rings. The van der Waals surface area contributed by atoms with Gasteiger partial charge in [0.05, 0.1) is 16.1 Å². The Bertz CT molecular complexity index is 1120. The SMILES string of the molecule is Cc1c(C(=O)Nc2cc(C(N)=O)c(F)cc2F)sc2nc(C(F)(F)F)ccc12. The molecule has 5 nitrogen and oxygen atoms in total. The average Bonchev–Trinajstić information content (AvgIpc) is 2.92. The van der Waals surface area contributed by atoms with Crippen LogP contribution < -0.4 is 11.1 Å². The fourth-order valence-corrected chi connectivity index (χ4v) is 3.56. The second-order valence-electron chi connectivity index (χ2n) is 5.73. The summed E-state index contributed by atoms with van der Waals surface area (Å²) in [5.74, 6) is -4.35. The number of amides is 2. The number of benzene rings is 1. The number of fused-ring (bicyclic) bond motifs is 1. The van der Waals surface area contributed by atoms with Crippen molar-refractivity contribution in [1.29, 1.82) is 0 Å². The molecule has 3 N–H and O–H groups in total. The highest BCUT2D eigenvalue weighted by Crippen LogP contribution is 2.34. The van der Waals surface area contributed by atoms with E-state index < -0.39 is 46.6 Å². The van der Waals surface area contributed by atoms with Crippen LogP contribution in [0.2, 0.25) is 0 Å². The summed E-state index contributed by atoms with van der Waals surface area (Å²) >= 11 is 0.690. The first-order valence-electron chi connectivity index (χ1n) is 7.56. The van der Waals surface area contributed by atoms with Gasteiger partial charge in [-0.15, -0.1) is 11.3 Å². The lowest BCUT2D eigenvalue weighted by Gasteiger charge is -2.08. The highest BCUT2D eigenvalue weighted by atomic mass is 32.1. The predicted octanol–water partition coefficient (Wildman–Crippen LogP) is 4.25. The van der Waals surface area contributed by atoms with Crippen molar-refractivity contribution in [3.8, 4) is 0 Å². The van der Waals surface area contributed by atoms with Crippen LogP contribution in [0, 0.1) is 18.6 Å². The van der Waals surface area contributed by atoms with Gasteiger partial charge in [0.1, 0.15) is 22.2 Å². The summed E-state index contributed by atoms with van der Waals surface area (Å²) in [7, 11) is 0. The number of primary amides is 1. The van der Waals surface area contributed by atoms with Crippen molar-refractivity contribution in [3.63, 3.8) is 0 Å². The average molecular weight is 415 g/mol. The lowest BCUT2D eigenvalue weighted by molar-refractivity contribution is -0.140. The Hall–Kier alpha value is -3.08. The van der Waals surface area contributed by atoms with Gasteiger partial charge < -0.3 is 11.1 Å². The summed E-state index contributed by atoms with van der Waals surface area (Å²) in [5, 5.41) is 2.50. The molecule has 2 amide bonds. The first kappa shape index (κ1) is 19.7. The van der Waals surface area contributed by atoms with Gasteiger partial charge in [-0.1, -0.05) is 0 Å². The number of alkyl halides is 3. The number of hydrogen-bond acceptors (Lipinski definition) is 4. The fourth-order valence-electron chi connectivity index (χ4n) is 2.49. The summed E-state index contributed by atoms with van der Waals surface area (Å²) in [4.78, 5) is 27.1. The molecule has 146 valence electrons. The third-order valence-corrected chi connectivity index (χ3v) is 5.07. The number of nitrogens with two attached hydrogens (primary N) is 1. The molecule has 0 fully saturated rings. The van der Waals surface area contributed by atoms with Crippen LogP contribution >= 0.6 is 11.3 Å². The number of carbonyl (C=O) groups excluding carboxylic acids is 2. The summed E-state index contributed by atoms with van der Waals surface area (Å²) in [6.45, 7) is 1.50. The van der Waals surface area contributed by atoms with Crippen molar-refractivity contribution in [3.05, 3.63) is 57.6 Å². The van der Waals surface area contributed by atoms with E-state index in [1.807, 2.05) is 0 Å². The highest BCUT2D eigenvalue weighted by molar-refractivity contribution is 7.20. The van der Waals surface area contributed by atoms with Gasteiger partial charge in [-0.2, -0.15) is 13.2 Å². The van der Waals surface area contributed by atoms with Crippen LogP contribution in [0.15, 0.2) is 24.3 Å². The van der Waals surface area contributed by atoms with Gasteiger partial charge in [0.2, 0.25) is 0 Å². The number of anilines is 1. The first-order chi connectivity index (χ1) is 13.0. The van der Waals surface area contributed by atoms with E-state index in [1.165, 1.54) is 13.0 Å². The second-order valence-corrected chi connectivity index (χ2v) is 6.73. The van der Waals surface area contributed by atoms with Gasteiger partial charge in [-0.05, 0) is 30.7 Å². The van der Waals surface area contributed by atoms with Gasteiger partial charge >= 0.3 is 6.18 Å². The monoisotopic (exact) mass is 415 g/mol.